The second-order valence-corrected chi connectivity index (χ2v) is 6.33. The molecule has 0 fully saturated rings. The highest BCUT2D eigenvalue weighted by Crippen LogP contribution is 2.29. The molecule has 122 valence electrons. The Balaban J connectivity index is 1.74. The fourth-order valence-electron chi connectivity index (χ4n) is 2.32. The average Bonchev–Trinajstić information content (AvgIpc) is 3.02. The summed E-state index contributed by atoms with van der Waals surface area (Å²) in [6, 6.07) is 17.5. The first kappa shape index (κ1) is 16.2. The highest BCUT2D eigenvalue weighted by atomic mass is 32.1. The van der Waals surface area contributed by atoms with Crippen LogP contribution in [0.4, 0.5) is 0 Å². The molecular formula is C19H18N2O2S. The van der Waals surface area contributed by atoms with Gasteiger partial charge in [-0.3, -0.25) is 4.79 Å². The minimum Gasteiger partial charge on any atom is -0.497 e. The van der Waals surface area contributed by atoms with E-state index in [1.807, 2.05) is 61.5 Å². The van der Waals surface area contributed by atoms with Gasteiger partial charge in [0.15, 0.2) is 0 Å². The number of hydrogen-bond donors (Lipinski definition) is 1. The van der Waals surface area contributed by atoms with Crippen LogP contribution in [0.3, 0.4) is 0 Å². The number of benzene rings is 2. The van der Waals surface area contributed by atoms with Crippen LogP contribution in [-0.4, -0.2) is 18.0 Å². The molecule has 0 atom stereocenters. The number of thiazole rings is 1. The van der Waals surface area contributed by atoms with E-state index >= 15 is 0 Å². The molecule has 0 aliphatic rings. The van der Waals surface area contributed by atoms with Crippen LogP contribution >= 0.6 is 11.3 Å². The van der Waals surface area contributed by atoms with Crippen molar-refractivity contribution in [2.75, 3.05) is 7.11 Å². The van der Waals surface area contributed by atoms with Gasteiger partial charge in [0.2, 0.25) is 0 Å². The molecule has 3 aromatic rings. The minimum atomic E-state index is -0.0892. The Morgan fingerprint density at radius 2 is 1.83 bits per heavy atom. The highest BCUT2D eigenvalue weighted by molar-refractivity contribution is 7.17. The molecule has 4 nitrogen and oxygen atoms in total. The Morgan fingerprint density at radius 3 is 2.50 bits per heavy atom. The summed E-state index contributed by atoms with van der Waals surface area (Å²) in [7, 11) is 1.64. The molecule has 0 unspecified atom stereocenters. The first-order valence-electron chi connectivity index (χ1n) is 7.61. The van der Waals surface area contributed by atoms with E-state index in [-0.39, 0.29) is 5.91 Å². The van der Waals surface area contributed by atoms with E-state index in [1.54, 1.807) is 7.11 Å². The number of carbonyl (C=O) groups excluding carboxylic acids is 1. The molecule has 0 radical (unpaired) electrons. The fraction of sp³-hybridized carbons (Fsp3) is 0.158. The summed E-state index contributed by atoms with van der Waals surface area (Å²) in [6.45, 7) is 2.37. The second-order valence-electron chi connectivity index (χ2n) is 5.33. The zero-order chi connectivity index (χ0) is 16.9. The van der Waals surface area contributed by atoms with Crippen molar-refractivity contribution >= 4 is 17.2 Å². The third-order valence-electron chi connectivity index (χ3n) is 3.64. The predicted octanol–water partition coefficient (Wildman–Crippen LogP) is 4.06. The van der Waals surface area contributed by atoms with Gasteiger partial charge in [-0.1, -0.05) is 30.3 Å². The molecule has 1 N–H and O–H groups in total. The van der Waals surface area contributed by atoms with Crippen molar-refractivity contribution in [3.8, 4) is 16.3 Å². The summed E-state index contributed by atoms with van der Waals surface area (Å²) < 4.78 is 5.17. The van der Waals surface area contributed by atoms with Crippen LogP contribution in [0.15, 0.2) is 54.6 Å². The smallest absolute Gasteiger partial charge is 0.263 e. The molecule has 0 aliphatic heterocycles. The number of aromatic nitrogens is 1. The van der Waals surface area contributed by atoms with Crippen LogP contribution in [0.25, 0.3) is 10.6 Å². The van der Waals surface area contributed by atoms with Crippen LogP contribution < -0.4 is 10.1 Å². The van der Waals surface area contributed by atoms with Crippen molar-refractivity contribution in [3.05, 3.63) is 70.7 Å². The molecule has 1 amide bonds. The van der Waals surface area contributed by atoms with Crippen LogP contribution in [-0.2, 0) is 6.54 Å². The number of nitrogens with zero attached hydrogens (tertiary/aromatic N) is 1. The molecule has 0 aliphatic carbocycles. The number of aryl methyl sites for hydroxylation is 1. The quantitative estimate of drug-likeness (QED) is 0.763. The molecule has 5 heteroatoms. The Bertz CT molecular complexity index is 826. The molecule has 0 saturated carbocycles. The molecule has 0 spiro atoms. The van der Waals surface area contributed by atoms with Gasteiger partial charge in [0, 0.05) is 12.1 Å². The van der Waals surface area contributed by atoms with Crippen molar-refractivity contribution in [1.82, 2.24) is 10.3 Å². The summed E-state index contributed by atoms with van der Waals surface area (Å²) in [5.74, 6) is 0.710. The van der Waals surface area contributed by atoms with E-state index in [4.69, 9.17) is 4.74 Å². The van der Waals surface area contributed by atoms with Gasteiger partial charge >= 0.3 is 0 Å². The molecular weight excluding hydrogens is 320 g/mol. The monoisotopic (exact) mass is 338 g/mol. The van der Waals surface area contributed by atoms with E-state index in [9.17, 15) is 4.79 Å². The Kier molecular flexibility index (Phi) is 4.91. The summed E-state index contributed by atoms with van der Waals surface area (Å²) in [6.07, 6.45) is 0. The minimum absolute atomic E-state index is 0.0892. The number of methoxy groups -OCH3 is 1. The molecule has 1 heterocycles. The third kappa shape index (κ3) is 3.63. The van der Waals surface area contributed by atoms with Crippen molar-refractivity contribution in [1.29, 1.82) is 0 Å². The van der Waals surface area contributed by atoms with Gasteiger partial charge in [-0.2, -0.15) is 0 Å². The van der Waals surface area contributed by atoms with E-state index < -0.39 is 0 Å². The Morgan fingerprint density at radius 1 is 1.12 bits per heavy atom. The van der Waals surface area contributed by atoms with Crippen LogP contribution in [0.2, 0.25) is 0 Å². The number of amides is 1. The van der Waals surface area contributed by atoms with Gasteiger partial charge in [-0.15, -0.1) is 11.3 Å². The summed E-state index contributed by atoms with van der Waals surface area (Å²) in [5.41, 5.74) is 2.80. The lowest BCUT2D eigenvalue weighted by Crippen LogP contribution is -2.22. The van der Waals surface area contributed by atoms with E-state index in [1.165, 1.54) is 11.3 Å². The maximum Gasteiger partial charge on any atom is 0.263 e. The van der Waals surface area contributed by atoms with Crippen LogP contribution in [0, 0.1) is 6.92 Å². The normalized spacial score (nSPS) is 10.4. The second kappa shape index (κ2) is 7.27. The van der Waals surface area contributed by atoms with Crippen LogP contribution in [0.1, 0.15) is 20.9 Å². The molecule has 3 rings (SSSR count). The molecule has 0 bridgehead atoms. The Labute approximate surface area is 145 Å². The van der Waals surface area contributed by atoms with E-state index in [0.717, 1.165) is 27.6 Å². The van der Waals surface area contributed by atoms with Crippen molar-refractivity contribution in [2.45, 2.75) is 13.5 Å². The van der Waals surface area contributed by atoms with E-state index in [0.29, 0.717) is 11.4 Å². The molecule has 24 heavy (non-hydrogen) atoms. The molecule has 2 aromatic carbocycles. The third-order valence-corrected chi connectivity index (χ3v) is 4.84. The predicted molar refractivity (Wildman–Crippen MR) is 96.5 cm³/mol. The first-order chi connectivity index (χ1) is 11.7. The van der Waals surface area contributed by atoms with E-state index in [2.05, 4.69) is 10.3 Å². The summed E-state index contributed by atoms with van der Waals surface area (Å²) in [5, 5.41) is 3.78. The van der Waals surface area contributed by atoms with Gasteiger partial charge in [0.1, 0.15) is 15.6 Å². The van der Waals surface area contributed by atoms with Gasteiger partial charge in [0.05, 0.1) is 12.8 Å². The first-order valence-corrected chi connectivity index (χ1v) is 8.43. The van der Waals surface area contributed by atoms with Gasteiger partial charge in [-0.05, 0) is 36.8 Å². The maximum absolute atomic E-state index is 12.4. The number of ether oxygens (including phenoxy) is 1. The molecule has 0 saturated heterocycles. The summed E-state index contributed by atoms with van der Waals surface area (Å²) >= 11 is 1.41. The number of nitrogens with one attached hydrogen (secondary N) is 1. The zero-order valence-electron chi connectivity index (χ0n) is 13.6. The molecule has 1 aromatic heterocycles. The SMILES string of the molecule is COc1ccc(-c2nc(C)c(C(=O)NCc3ccccc3)s2)cc1. The standard InChI is InChI=1S/C19H18N2O2S/c1-13-17(18(22)20-12-14-6-4-3-5-7-14)24-19(21-13)15-8-10-16(23-2)11-9-15/h3-11H,12H2,1-2H3,(H,20,22). The lowest BCUT2D eigenvalue weighted by Gasteiger charge is -2.03. The average molecular weight is 338 g/mol. The largest absolute Gasteiger partial charge is 0.497 e. The Hall–Kier alpha value is -2.66. The summed E-state index contributed by atoms with van der Waals surface area (Å²) in [4.78, 5) is 17.6. The van der Waals surface area contributed by atoms with Gasteiger partial charge in [0.25, 0.3) is 5.91 Å². The van der Waals surface area contributed by atoms with Crippen molar-refractivity contribution in [2.24, 2.45) is 0 Å². The number of rotatable bonds is 5. The highest BCUT2D eigenvalue weighted by Gasteiger charge is 2.16. The fourth-order valence-corrected chi connectivity index (χ4v) is 3.31. The van der Waals surface area contributed by atoms with Gasteiger partial charge < -0.3 is 10.1 Å². The van der Waals surface area contributed by atoms with Crippen LogP contribution in [0.5, 0.6) is 5.75 Å². The van der Waals surface area contributed by atoms with Gasteiger partial charge in [-0.25, -0.2) is 4.98 Å². The number of hydrogen-bond acceptors (Lipinski definition) is 4. The lowest BCUT2D eigenvalue weighted by atomic mass is 10.2. The lowest BCUT2D eigenvalue weighted by molar-refractivity contribution is 0.0954. The maximum atomic E-state index is 12.4. The number of carbonyl (C=O) groups is 1. The topological polar surface area (TPSA) is 51.2 Å². The van der Waals surface area contributed by atoms with Crippen molar-refractivity contribution in [3.63, 3.8) is 0 Å². The zero-order valence-corrected chi connectivity index (χ0v) is 14.4. The van der Waals surface area contributed by atoms with Crippen molar-refractivity contribution < 1.29 is 9.53 Å².